The van der Waals surface area contributed by atoms with Crippen LogP contribution in [-0.4, -0.2) is 17.4 Å². The van der Waals surface area contributed by atoms with E-state index in [0.717, 1.165) is 23.7 Å². The Hall–Kier alpha value is -1.91. The first-order valence-corrected chi connectivity index (χ1v) is 7.18. The van der Waals surface area contributed by atoms with Gasteiger partial charge in [-0.3, -0.25) is 4.79 Å². The van der Waals surface area contributed by atoms with Gasteiger partial charge in [-0.25, -0.2) is 8.78 Å². The molecule has 1 aromatic carbocycles. The van der Waals surface area contributed by atoms with Crippen molar-refractivity contribution in [1.29, 1.82) is 0 Å². The maximum Gasteiger partial charge on any atom is 0.222 e. The zero-order chi connectivity index (χ0) is 15.6. The summed E-state index contributed by atoms with van der Waals surface area (Å²) >= 11 is 0. The maximum absolute atomic E-state index is 13.7. The van der Waals surface area contributed by atoms with Gasteiger partial charge in [0.05, 0.1) is 5.52 Å². The van der Waals surface area contributed by atoms with Gasteiger partial charge >= 0.3 is 0 Å². The number of aromatic amines is 1. The predicted octanol–water partition coefficient (Wildman–Crippen LogP) is 3.46. The Kier molecular flexibility index (Phi) is 4.60. The fourth-order valence-corrected chi connectivity index (χ4v) is 2.40. The van der Waals surface area contributed by atoms with Gasteiger partial charge in [-0.15, -0.1) is 0 Å². The van der Waals surface area contributed by atoms with E-state index >= 15 is 0 Å². The van der Waals surface area contributed by atoms with Gasteiger partial charge in [0.2, 0.25) is 5.91 Å². The number of fused-ring (bicyclic) bond motifs is 1. The summed E-state index contributed by atoms with van der Waals surface area (Å²) in [7, 11) is 0. The molecule has 1 amide bonds. The summed E-state index contributed by atoms with van der Waals surface area (Å²) in [6, 6.07) is 2.19. The average Bonchev–Trinajstić information content (AvgIpc) is 2.75. The summed E-state index contributed by atoms with van der Waals surface area (Å²) in [4.78, 5) is 14.7. The minimum atomic E-state index is -0.594. The third-order valence-electron chi connectivity index (χ3n) is 3.88. The molecule has 0 spiro atoms. The molecule has 114 valence electrons. The van der Waals surface area contributed by atoms with E-state index in [9.17, 15) is 13.6 Å². The Bertz CT molecular complexity index is 664. The van der Waals surface area contributed by atoms with Crippen LogP contribution in [0, 0.1) is 24.5 Å². The third-order valence-corrected chi connectivity index (χ3v) is 3.88. The number of H-pyrrole nitrogens is 1. The van der Waals surface area contributed by atoms with Crippen molar-refractivity contribution in [2.24, 2.45) is 5.92 Å². The van der Waals surface area contributed by atoms with Gasteiger partial charge < -0.3 is 10.3 Å². The molecule has 2 rings (SSSR count). The van der Waals surface area contributed by atoms with Crippen LogP contribution in [0.5, 0.6) is 0 Å². The van der Waals surface area contributed by atoms with Crippen molar-refractivity contribution in [2.75, 3.05) is 6.54 Å². The smallest absolute Gasteiger partial charge is 0.222 e. The van der Waals surface area contributed by atoms with Crippen LogP contribution in [0.4, 0.5) is 8.78 Å². The number of halogens is 2. The predicted molar refractivity (Wildman–Crippen MR) is 79.1 cm³/mol. The minimum Gasteiger partial charge on any atom is -0.356 e. The highest BCUT2D eigenvalue weighted by Gasteiger charge is 2.14. The van der Waals surface area contributed by atoms with Crippen molar-refractivity contribution in [1.82, 2.24) is 10.3 Å². The summed E-state index contributed by atoms with van der Waals surface area (Å²) in [5, 5.41) is 3.40. The molecule has 0 fully saturated rings. The van der Waals surface area contributed by atoms with Gasteiger partial charge in [0.25, 0.3) is 0 Å². The number of nitrogens with one attached hydrogen (secondary N) is 2. The van der Waals surface area contributed by atoms with E-state index in [4.69, 9.17) is 0 Å². The van der Waals surface area contributed by atoms with Crippen LogP contribution in [0.3, 0.4) is 0 Å². The molecule has 2 N–H and O–H groups in total. The van der Waals surface area contributed by atoms with E-state index in [0.29, 0.717) is 23.9 Å². The largest absolute Gasteiger partial charge is 0.356 e. The van der Waals surface area contributed by atoms with Gasteiger partial charge in [-0.05, 0) is 31.4 Å². The minimum absolute atomic E-state index is 0.00681. The van der Waals surface area contributed by atoms with Crippen molar-refractivity contribution in [2.45, 2.75) is 33.6 Å². The van der Waals surface area contributed by atoms with E-state index in [1.165, 1.54) is 6.07 Å². The zero-order valence-electron chi connectivity index (χ0n) is 12.5. The van der Waals surface area contributed by atoms with Gasteiger partial charge in [0.1, 0.15) is 11.6 Å². The van der Waals surface area contributed by atoms with Crippen molar-refractivity contribution in [3.63, 3.8) is 0 Å². The van der Waals surface area contributed by atoms with Gasteiger partial charge in [0, 0.05) is 29.6 Å². The monoisotopic (exact) mass is 294 g/mol. The lowest BCUT2D eigenvalue weighted by atomic mass is 10.1. The lowest BCUT2D eigenvalue weighted by molar-refractivity contribution is -0.124. The van der Waals surface area contributed by atoms with E-state index in [-0.39, 0.29) is 11.8 Å². The molecule has 0 radical (unpaired) electrons. The van der Waals surface area contributed by atoms with E-state index < -0.39 is 11.6 Å². The number of hydrogen-bond acceptors (Lipinski definition) is 1. The summed E-state index contributed by atoms with van der Waals surface area (Å²) in [5.41, 5.74) is 1.96. The quantitative estimate of drug-likeness (QED) is 0.871. The Morgan fingerprint density at radius 2 is 2.10 bits per heavy atom. The van der Waals surface area contributed by atoms with Gasteiger partial charge in [-0.1, -0.05) is 13.8 Å². The lowest BCUT2D eigenvalue weighted by Gasteiger charge is -2.10. The van der Waals surface area contributed by atoms with Crippen LogP contribution in [0.15, 0.2) is 12.1 Å². The molecule has 0 aliphatic carbocycles. The normalized spacial score (nSPS) is 12.6. The summed E-state index contributed by atoms with van der Waals surface area (Å²) in [6.07, 6.45) is 1.32. The van der Waals surface area contributed by atoms with Crippen LogP contribution in [-0.2, 0) is 11.2 Å². The molecule has 1 heterocycles. The number of benzene rings is 1. The molecule has 0 bridgehead atoms. The number of carbonyl (C=O) groups excluding carboxylic acids is 1. The number of aryl methyl sites for hydroxylation is 1. The van der Waals surface area contributed by atoms with Crippen LogP contribution in [0.2, 0.25) is 0 Å². The molecule has 21 heavy (non-hydrogen) atoms. The number of amides is 1. The van der Waals surface area contributed by atoms with Crippen molar-refractivity contribution in [3.8, 4) is 0 Å². The topological polar surface area (TPSA) is 44.9 Å². The maximum atomic E-state index is 13.7. The van der Waals surface area contributed by atoms with Gasteiger partial charge in [-0.2, -0.15) is 0 Å². The van der Waals surface area contributed by atoms with Gasteiger partial charge in [0.15, 0.2) is 0 Å². The summed E-state index contributed by atoms with van der Waals surface area (Å²) in [6.45, 7) is 6.11. The first-order chi connectivity index (χ1) is 9.93. The van der Waals surface area contributed by atoms with Crippen molar-refractivity contribution in [3.05, 3.63) is 35.0 Å². The Morgan fingerprint density at radius 1 is 1.38 bits per heavy atom. The second-order valence-corrected chi connectivity index (χ2v) is 5.39. The van der Waals surface area contributed by atoms with E-state index in [1.807, 2.05) is 20.8 Å². The number of hydrogen-bond donors (Lipinski definition) is 2. The third kappa shape index (κ3) is 3.23. The molecule has 1 aromatic heterocycles. The van der Waals surface area contributed by atoms with Crippen molar-refractivity contribution >= 4 is 16.8 Å². The molecular formula is C16H20F2N2O. The molecule has 0 aliphatic rings. The molecule has 0 unspecified atom stereocenters. The Balaban J connectivity index is 2.15. The number of carbonyl (C=O) groups is 1. The average molecular weight is 294 g/mol. The van der Waals surface area contributed by atoms with Crippen LogP contribution < -0.4 is 5.32 Å². The molecular weight excluding hydrogens is 274 g/mol. The van der Waals surface area contributed by atoms with Crippen LogP contribution in [0.1, 0.15) is 31.5 Å². The highest BCUT2D eigenvalue weighted by Crippen LogP contribution is 2.25. The summed E-state index contributed by atoms with van der Waals surface area (Å²) in [5.74, 6) is -1.21. The standard InChI is InChI=1S/C16H20F2N2O/c1-4-9(2)16(21)19-6-5-12-10(3)20-15-13(12)7-11(17)8-14(15)18/h7-9,20H,4-6H2,1-3H3,(H,19,21)/t9-/m1/s1. The molecule has 3 nitrogen and oxygen atoms in total. The van der Waals surface area contributed by atoms with Crippen molar-refractivity contribution < 1.29 is 13.6 Å². The second kappa shape index (κ2) is 6.24. The Labute approximate surface area is 122 Å². The first kappa shape index (κ1) is 15.5. The number of rotatable bonds is 5. The lowest BCUT2D eigenvalue weighted by Crippen LogP contribution is -2.30. The number of aromatic nitrogens is 1. The highest BCUT2D eigenvalue weighted by molar-refractivity contribution is 5.85. The molecule has 5 heteroatoms. The van der Waals surface area contributed by atoms with Crippen LogP contribution in [0.25, 0.3) is 10.9 Å². The van der Waals surface area contributed by atoms with E-state index in [2.05, 4.69) is 10.3 Å². The molecule has 0 saturated heterocycles. The second-order valence-electron chi connectivity index (χ2n) is 5.39. The zero-order valence-corrected chi connectivity index (χ0v) is 12.5. The van der Waals surface area contributed by atoms with Crippen LogP contribution >= 0.6 is 0 Å². The SMILES string of the molecule is CC[C@@H](C)C(=O)NCCc1c(C)[nH]c2c(F)cc(F)cc12. The van der Waals surface area contributed by atoms with E-state index in [1.54, 1.807) is 0 Å². The fraction of sp³-hybridized carbons (Fsp3) is 0.438. The molecule has 1 atom stereocenters. The molecule has 0 saturated carbocycles. The summed E-state index contributed by atoms with van der Waals surface area (Å²) < 4.78 is 27.1. The Morgan fingerprint density at radius 3 is 2.76 bits per heavy atom. The molecule has 0 aliphatic heterocycles. The molecule has 2 aromatic rings. The first-order valence-electron chi connectivity index (χ1n) is 7.18. The fourth-order valence-electron chi connectivity index (χ4n) is 2.40. The highest BCUT2D eigenvalue weighted by atomic mass is 19.1.